The lowest BCUT2D eigenvalue weighted by Gasteiger charge is -2.16. The Balaban J connectivity index is 1.94. The van der Waals surface area contributed by atoms with Crippen molar-refractivity contribution in [3.8, 4) is 0 Å². The lowest BCUT2D eigenvalue weighted by atomic mass is 9.81. The summed E-state index contributed by atoms with van der Waals surface area (Å²) >= 11 is 0. The molecule has 1 atom stereocenters. The van der Waals surface area contributed by atoms with Crippen molar-refractivity contribution in [1.29, 1.82) is 0 Å². The van der Waals surface area contributed by atoms with Gasteiger partial charge in [0, 0.05) is 17.0 Å². The van der Waals surface area contributed by atoms with Crippen LogP contribution in [0.1, 0.15) is 16.7 Å². The third-order valence-electron chi connectivity index (χ3n) is 4.57. The van der Waals surface area contributed by atoms with E-state index in [1.54, 1.807) is 37.3 Å². The minimum atomic E-state index is -4.13. The number of para-hydroxylation sites is 1. The predicted molar refractivity (Wildman–Crippen MR) is 104 cm³/mol. The van der Waals surface area contributed by atoms with Crippen LogP contribution in [-0.2, 0) is 22.0 Å². The molecule has 0 spiro atoms. The van der Waals surface area contributed by atoms with E-state index in [1.807, 2.05) is 0 Å². The van der Waals surface area contributed by atoms with Crippen LogP contribution in [0.15, 0.2) is 53.1 Å². The third kappa shape index (κ3) is 4.08. The largest absolute Gasteiger partial charge is 0.471 e. The fraction of sp³-hybridized carbons (Fsp3) is 0.222. The van der Waals surface area contributed by atoms with Gasteiger partial charge in [0.15, 0.2) is 9.84 Å². The second-order valence-electron chi connectivity index (χ2n) is 6.61. The number of benzene rings is 2. The topological polar surface area (TPSA) is 131 Å². The number of sulfone groups is 1. The van der Waals surface area contributed by atoms with Crippen LogP contribution in [0.5, 0.6) is 0 Å². The van der Waals surface area contributed by atoms with Gasteiger partial charge in [-0.3, -0.25) is 10.1 Å². The summed E-state index contributed by atoms with van der Waals surface area (Å²) in [4.78, 5) is 10.6. The zero-order valence-corrected chi connectivity index (χ0v) is 15.8. The molecule has 146 valence electrons. The second-order valence-corrected chi connectivity index (χ2v) is 8.83. The molecule has 3 aromatic rings. The van der Waals surface area contributed by atoms with Crippen LogP contribution < -0.4 is 0 Å². The summed E-state index contributed by atoms with van der Waals surface area (Å²) in [6.07, 6.45) is 1.18. The van der Waals surface area contributed by atoms with Gasteiger partial charge in [0.05, 0.1) is 16.9 Å². The fourth-order valence-electron chi connectivity index (χ4n) is 3.12. The molecule has 0 aliphatic carbocycles. The molecule has 0 saturated carbocycles. The van der Waals surface area contributed by atoms with E-state index < -0.39 is 32.8 Å². The Kier molecular flexibility index (Phi) is 5.55. The van der Waals surface area contributed by atoms with E-state index >= 15 is 0 Å². The number of furan rings is 1. The minimum Gasteiger partial charge on any atom is -0.464 e. The first-order valence-corrected chi connectivity index (χ1v) is 10.2. The Morgan fingerprint density at radius 3 is 2.57 bits per heavy atom. The number of aryl methyl sites for hydroxylation is 1. The van der Waals surface area contributed by atoms with Gasteiger partial charge in [-0.2, -0.15) is 0 Å². The van der Waals surface area contributed by atoms with E-state index in [0.717, 1.165) is 0 Å². The summed E-state index contributed by atoms with van der Waals surface area (Å²) in [5.74, 6) is -0.679. The molecule has 0 unspecified atom stereocenters. The molecule has 1 heterocycles. The third-order valence-corrected chi connectivity index (χ3v) is 6.62. The van der Waals surface area contributed by atoms with Crippen LogP contribution >= 0.6 is 0 Å². The van der Waals surface area contributed by atoms with Gasteiger partial charge in [-0.25, -0.2) is 8.42 Å². The molecule has 10 heteroatoms. The molecule has 3 rings (SSSR count). The van der Waals surface area contributed by atoms with Gasteiger partial charge in [-0.15, -0.1) is 0 Å². The van der Waals surface area contributed by atoms with E-state index in [-0.39, 0.29) is 17.7 Å². The van der Waals surface area contributed by atoms with Crippen molar-refractivity contribution < 1.29 is 27.8 Å². The van der Waals surface area contributed by atoms with Crippen LogP contribution in [0.2, 0.25) is 0 Å². The lowest BCUT2D eigenvalue weighted by molar-refractivity contribution is -0.385. The molecule has 0 amide bonds. The zero-order chi connectivity index (χ0) is 20.5. The van der Waals surface area contributed by atoms with Crippen molar-refractivity contribution in [2.45, 2.75) is 24.2 Å². The maximum absolute atomic E-state index is 12.9. The normalized spacial score (nSPS) is 12.8. The van der Waals surface area contributed by atoms with Crippen molar-refractivity contribution in [3.05, 3.63) is 75.5 Å². The predicted octanol–water partition coefficient (Wildman–Crippen LogP) is 2.19. The zero-order valence-electron chi connectivity index (χ0n) is 15.0. The van der Waals surface area contributed by atoms with Crippen molar-refractivity contribution >= 4 is 33.6 Å². The van der Waals surface area contributed by atoms with Crippen LogP contribution in [0.4, 0.5) is 5.69 Å². The van der Waals surface area contributed by atoms with E-state index in [1.165, 1.54) is 18.4 Å². The standard InChI is InChI=1S/C18H18BNO7S/c1-12-6-7-13(16(8-12)20(23)24)11-28(25,26)18(19(21)22)9-14-10-27-17-5-3-2-4-15(14)17/h2-8,10,18,21-22H,9,11H2,1H3/t18-/m0/s1. The first-order chi connectivity index (χ1) is 13.2. The summed E-state index contributed by atoms with van der Waals surface area (Å²) in [6, 6.07) is 11.2. The highest BCUT2D eigenvalue weighted by atomic mass is 32.2. The smallest absolute Gasteiger partial charge is 0.464 e. The fourth-order valence-corrected chi connectivity index (χ4v) is 4.81. The number of nitro benzene ring substituents is 1. The van der Waals surface area contributed by atoms with Crippen LogP contribution in [-0.4, -0.2) is 35.7 Å². The second kappa shape index (κ2) is 7.74. The summed E-state index contributed by atoms with van der Waals surface area (Å²) < 4.78 is 31.2. The van der Waals surface area contributed by atoms with Crippen LogP contribution in [0, 0.1) is 17.0 Å². The molecule has 2 N–H and O–H groups in total. The van der Waals surface area contributed by atoms with Gasteiger partial charge >= 0.3 is 7.12 Å². The van der Waals surface area contributed by atoms with Gasteiger partial charge in [0.1, 0.15) is 10.7 Å². The lowest BCUT2D eigenvalue weighted by Crippen LogP contribution is -2.40. The molecule has 0 aliphatic rings. The van der Waals surface area contributed by atoms with E-state index in [9.17, 15) is 28.6 Å². The van der Waals surface area contributed by atoms with E-state index in [0.29, 0.717) is 22.1 Å². The Morgan fingerprint density at radius 2 is 1.89 bits per heavy atom. The molecule has 2 aromatic carbocycles. The van der Waals surface area contributed by atoms with Gasteiger partial charge in [0.2, 0.25) is 0 Å². The summed E-state index contributed by atoms with van der Waals surface area (Å²) in [6.45, 7) is 1.66. The SMILES string of the molecule is Cc1ccc(CS(=O)(=O)[C@@H](Cc2coc3ccccc23)B(O)O)c([N+](=O)[O-])c1. The minimum absolute atomic E-state index is 0.00157. The molecule has 0 saturated heterocycles. The number of hydrogen-bond donors (Lipinski definition) is 2. The van der Waals surface area contributed by atoms with Crippen molar-refractivity contribution in [2.24, 2.45) is 0 Å². The van der Waals surface area contributed by atoms with Gasteiger partial charge in [0.25, 0.3) is 5.69 Å². The molecule has 0 bridgehead atoms. The Bertz CT molecular complexity index is 1120. The summed E-state index contributed by atoms with van der Waals surface area (Å²) in [5, 5.41) is 29.8. The average Bonchev–Trinajstić information content (AvgIpc) is 3.03. The monoisotopic (exact) mass is 403 g/mol. The van der Waals surface area contributed by atoms with Gasteiger partial charge in [-0.05, 0) is 30.5 Å². The van der Waals surface area contributed by atoms with E-state index in [4.69, 9.17) is 4.42 Å². The number of fused-ring (bicyclic) bond motifs is 1. The number of nitro groups is 1. The van der Waals surface area contributed by atoms with Crippen molar-refractivity contribution in [1.82, 2.24) is 0 Å². The molecular weight excluding hydrogens is 385 g/mol. The summed E-state index contributed by atoms with van der Waals surface area (Å²) in [7, 11) is -6.28. The number of nitrogens with zero attached hydrogens (tertiary/aromatic N) is 1. The molecule has 0 fully saturated rings. The molecule has 28 heavy (non-hydrogen) atoms. The van der Waals surface area contributed by atoms with Crippen LogP contribution in [0.3, 0.4) is 0 Å². The Hall–Kier alpha value is -2.69. The molecular formula is C18H18BNO7S. The Labute approximate surface area is 161 Å². The van der Waals surface area contributed by atoms with Crippen LogP contribution in [0.25, 0.3) is 11.0 Å². The molecule has 8 nitrogen and oxygen atoms in total. The van der Waals surface area contributed by atoms with Crippen molar-refractivity contribution in [3.63, 3.8) is 0 Å². The number of rotatable bonds is 7. The molecule has 0 aliphatic heterocycles. The van der Waals surface area contributed by atoms with Crippen molar-refractivity contribution in [2.75, 3.05) is 0 Å². The highest BCUT2D eigenvalue weighted by Crippen LogP contribution is 2.27. The first-order valence-electron chi connectivity index (χ1n) is 8.46. The van der Waals surface area contributed by atoms with E-state index in [2.05, 4.69) is 0 Å². The van der Waals surface area contributed by atoms with Gasteiger partial charge < -0.3 is 14.5 Å². The quantitative estimate of drug-likeness (QED) is 0.351. The highest BCUT2D eigenvalue weighted by molar-refractivity contribution is 7.92. The average molecular weight is 403 g/mol. The summed E-state index contributed by atoms with van der Waals surface area (Å²) in [5.41, 5.74) is 1.37. The highest BCUT2D eigenvalue weighted by Gasteiger charge is 2.38. The molecule has 1 aromatic heterocycles. The Morgan fingerprint density at radius 1 is 1.18 bits per heavy atom. The maximum atomic E-state index is 12.9. The molecule has 0 radical (unpaired) electrons. The first kappa shape index (κ1) is 20.1. The maximum Gasteiger partial charge on any atom is 0.471 e. The number of hydrogen-bond acceptors (Lipinski definition) is 7. The van der Waals surface area contributed by atoms with Gasteiger partial charge in [-0.1, -0.05) is 30.3 Å².